The Balaban J connectivity index is 1.64. The Morgan fingerprint density at radius 1 is 1.10 bits per heavy atom. The Morgan fingerprint density at radius 2 is 1.85 bits per heavy atom. The lowest BCUT2D eigenvalue weighted by Gasteiger charge is -2.07. The molecule has 1 heterocycles. The van der Waals surface area contributed by atoms with Gasteiger partial charge in [0.15, 0.2) is 0 Å². The van der Waals surface area contributed by atoms with Crippen molar-refractivity contribution in [3.8, 4) is 0 Å². The van der Waals surface area contributed by atoms with Gasteiger partial charge in [-0.15, -0.1) is 10.2 Å². The van der Waals surface area contributed by atoms with Crippen molar-refractivity contribution < 1.29 is 9.59 Å². The van der Waals surface area contributed by atoms with Crippen molar-refractivity contribution in [3.05, 3.63) is 41.4 Å². The molecule has 8 heteroatoms. The Morgan fingerprint density at radius 3 is 2.55 bits per heavy atom. The van der Waals surface area contributed by atoms with Crippen LogP contribution in [0.25, 0.3) is 0 Å². The first kappa shape index (κ1) is 13.9. The van der Waals surface area contributed by atoms with Crippen molar-refractivity contribution in [1.29, 1.82) is 0 Å². The highest BCUT2D eigenvalue weighted by Crippen LogP contribution is 2.06. The largest absolute Gasteiger partial charge is 0.350 e. The van der Waals surface area contributed by atoms with E-state index in [1.165, 1.54) is 16.8 Å². The number of carbonyl (C=O) groups is 2. The summed E-state index contributed by atoms with van der Waals surface area (Å²) < 4.78 is 0. The average molecular weight is 291 g/mol. The smallest absolute Gasteiger partial charge is 0.321 e. The quantitative estimate of drug-likeness (QED) is 0.718. The molecule has 0 spiro atoms. The zero-order valence-electron chi connectivity index (χ0n) is 10.5. The summed E-state index contributed by atoms with van der Waals surface area (Å²) in [5, 5.41) is 15.5. The second-order valence-corrected chi connectivity index (χ2v) is 4.58. The third kappa shape index (κ3) is 4.32. The van der Waals surface area contributed by atoms with E-state index in [1.54, 1.807) is 24.3 Å². The number of hydrogen-bond acceptors (Lipinski definition) is 5. The van der Waals surface area contributed by atoms with Crippen LogP contribution in [0.15, 0.2) is 35.8 Å². The van der Waals surface area contributed by atoms with Crippen LogP contribution < -0.4 is 16.0 Å². The van der Waals surface area contributed by atoms with E-state index in [0.29, 0.717) is 23.8 Å². The van der Waals surface area contributed by atoms with Gasteiger partial charge in [0.2, 0.25) is 5.13 Å². The SMILES string of the molecule is O=C(NCCNC(=O)c1ccccc1)Nc1nncs1. The third-order valence-corrected chi connectivity index (χ3v) is 2.92. The minimum atomic E-state index is -0.379. The van der Waals surface area contributed by atoms with Gasteiger partial charge in [-0.2, -0.15) is 0 Å². The number of anilines is 1. The second kappa shape index (κ2) is 7.19. The van der Waals surface area contributed by atoms with E-state index in [2.05, 4.69) is 26.1 Å². The number of rotatable bonds is 5. The monoisotopic (exact) mass is 291 g/mol. The molecule has 0 aliphatic heterocycles. The normalized spacial score (nSPS) is 9.80. The van der Waals surface area contributed by atoms with Crippen molar-refractivity contribution in [2.75, 3.05) is 18.4 Å². The van der Waals surface area contributed by atoms with Gasteiger partial charge in [0.1, 0.15) is 5.51 Å². The van der Waals surface area contributed by atoms with Crippen LogP contribution in [0, 0.1) is 0 Å². The van der Waals surface area contributed by atoms with E-state index in [-0.39, 0.29) is 11.9 Å². The van der Waals surface area contributed by atoms with Crippen LogP contribution in [0.1, 0.15) is 10.4 Å². The predicted molar refractivity (Wildman–Crippen MR) is 75.7 cm³/mol. The molecule has 3 N–H and O–H groups in total. The van der Waals surface area contributed by atoms with Crippen molar-refractivity contribution in [3.63, 3.8) is 0 Å². The van der Waals surface area contributed by atoms with Crippen molar-refractivity contribution in [2.45, 2.75) is 0 Å². The molecule has 1 aromatic carbocycles. The molecule has 3 amide bonds. The number of urea groups is 1. The lowest BCUT2D eigenvalue weighted by Crippen LogP contribution is -2.36. The molecule has 0 atom stereocenters. The summed E-state index contributed by atoms with van der Waals surface area (Å²) in [5.74, 6) is -0.170. The summed E-state index contributed by atoms with van der Waals surface area (Å²) in [6.45, 7) is 0.667. The van der Waals surface area contributed by atoms with Gasteiger partial charge in [0.25, 0.3) is 5.91 Å². The number of nitrogens with one attached hydrogen (secondary N) is 3. The molecule has 7 nitrogen and oxygen atoms in total. The molecule has 0 aliphatic rings. The number of amides is 3. The van der Waals surface area contributed by atoms with Gasteiger partial charge in [0, 0.05) is 18.7 Å². The minimum absolute atomic E-state index is 0.170. The predicted octanol–water partition coefficient (Wildman–Crippen LogP) is 1.09. The Kier molecular flexibility index (Phi) is 5.01. The fourth-order valence-corrected chi connectivity index (χ4v) is 1.85. The van der Waals surface area contributed by atoms with Gasteiger partial charge < -0.3 is 10.6 Å². The molecule has 0 radical (unpaired) electrons. The first-order valence-electron chi connectivity index (χ1n) is 5.90. The first-order chi connectivity index (χ1) is 9.75. The fraction of sp³-hybridized carbons (Fsp3) is 0.167. The Labute approximate surface area is 119 Å². The summed E-state index contributed by atoms with van der Waals surface area (Å²) in [5.41, 5.74) is 2.11. The molecular formula is C12H13N5O2S. The zero-order valence-corrected chi connectivity index (χ0v) is 11.3. The second-order valence-electron chi connectivity index (χ2n) is 3.75. The molecule has 1 aromatic heterocycles. The number of hydrogen-bond donors (Lipinski definition) is 3. The van der Waals surface area contributed by atoms with E-state index in [9.17, 15) is 9.59 Å². The van der Waals surface area contributed by atoms with Crippen molar-refractivity contribution in [1.82, 2.24) is 20.8 Å². The first-order valence-corrected chi connectivity index (χ1v) is 6.78. The van der Waals surface area contributed by atoms with E-state index < -0.39 is 0 Å². The standard InChI is InChI=1S/C12H13N5O2S/c18-10(9-4-2-1-3-5-9)13-6-7-14-11(19)16-12-17-15-8-20-12/h1-5,8H,6-7H2,(H,13,18)(H2,14,16,17,19). The van der Waals surface area contributed by atoms with Crippen molar-refractivity contribution in [2.24, 2.45) is 0 Å². The molecule has 0 bridgehead atoms. The van der Waals surface area contributed by atoms with Gasteiger partial charge in [0.05, 0.1) is 0 Å². The molecule has 0 saturated heterocycles. The van der Waals surface area contributed by atoms with E-state index >= 15 is 0 Å². The molecule has 0 fully saturated rings. The zero-order chi connectivity index (χ0) is 14.2. The van der Waals surface area contributed by atoms with Gasteiger partial charge in [-0.05, 0) is 12.1 Å². The van der Waals surface area contributed by atoms with Gasteiger partial charge in [-0.25, -0.2) is 4.79 Å². The third-order valence-electron chi connectivity index (χ3n) is 2.31. The molecular weight excluding hydrogens is 278 g/mol. The Bertz CT molecular complexity index is 558. The lowest BCUT2D eigenvalue weighted by atomic mass is 10.2. The van der Waals surface area contributed by atoms with Crippen LogP contribution in [-0.2, 0) is 0 Å². The van der Waals surface area contributed by atoms with Crippen LogP contribution in [0.2, 0.25) is 0 Å². The minimum Gasteiger partial charge on any atom is -0.350 e. The molecule has 0 saturated carbocycles. The summed E-state index contributed by atoms with van der Waals surface area (Å²) in [4.78, 5) is 23.1. The summed E-state index contributed by atoms with van der Waals surface area (Å²) in [6.07, 6.45) is 0. The van der Waals surface area contributed by atoms with Gasteiger partial charge in [-0.1, -0.05) is 29.5 Å². The maximum atomic E-state index is 11.7. The highest BCUT2D eigenvalue weighted by Gasteiger charge is 2.05. The van der Waals surface area contributed by atoms with Crippen LogP contribution in [0.3, 0.4) is 0 Å². The van der Waals surface area contributed by atoms with Crippen LogP contribution >= 0.6 is 11.3 Å². The maximum absolute atomic E-state index is 11.7. The van der Waals surface area contributed by atoms with E-state index in [0.717, 1.165) is 0 Å². The van der Waals surface area contributed by atoms with E-state index in [1.807, 2.05) is 6.07 Å². The van der Waals surface area contributed by atoms with Crippen molar-refractivity contribution >= 4 is 28.4 Å². The molecule has 0 aliphatic carbocycles. The molecule has 104 valence electrons. The highest BCUT2D eigenvalue weighted by molar-refractivity contribution is 7.13. The summed E-state index contributed by atoms with van der Waals surface area (Å²) >= 11 is 1.23. The topological polar surface area (TPSA) is 96.0 Å². The van der Waals surface area contributed by atoms with Crippen LogP contribution in [0.5, 0.6) is 0 Å². The number of nitrogens with zero attached hydrogens (tertiary/aromatic N) is 2. The van der Waals surface area contributed by atoms with Crippen LogP contribution in [0.4, 0.5) is 9.93 Å². The molecule has 2 aromatic rings. The van der Waals surface area contributed by atoms with Gasteiger partial charge in [-0.3, -0.25) is 10.1 Å². The Hall–Kier alpha value is -2.48. The van der Waals surface area contributed by atoms with Gasteiger partial charge >= 0.3 is 6.03 Å². The summed E-state index contributed by atoms with van der Waals surface area (Å²) in [6, 6.07) is 8.51. The molecule has 0 unspecified atom stereocenters. The number of benzene rings is 1. The molecule has 20 heavy (non-hydrogen) atoms. The van der Waals surface area contributed by atoms with E-state index in [4.69, 9.17) is 0 Å². The maximum Gasteiger partial charge on any atom is 0.321 e. The van der Waals surface area contributed by atoms with Crippen LogP contribution in [-0.4, -0.2) is 35.2 Å². The highest BCUT2D eigenvalue weighted by atomic mass is 32.1. The number of carbonyl (C=O) groups excluding carboxylic acids is 2. The average Bonchev–Trinajstić information content (AvgIpc) is 2.97. The molecule has 2 rings (SSSR count). The number of aromatic nitrogens is 2. The lowest BCUT2D eigenvalue weighted by molar-refractivity contribution is 0.0954. The fourth-order valence-electron chi connectivity index (χ4n) is 1.41. The summed E-state index contributed by atoms with van der Waals surface area (Å²) in [7, 11) is 0.